The number of alkyl halides is 3. The molecular weight excluding hydrogens is 267 g/mol. The van der Waals surface area contributed by atoms with Crippen LogP contribution in [0.5, 0.6) is 0 Å². The summed E-state index contributed by atoms with van der Waals surface area (Å²) in [4.78, 5) is 23.3. The van der Waals surface area contributed by atoms with Gasteiger partial charge in [-0.15, -0.1) is 0 Å². The molecule has 1 amide bonds. The topological polar surface area (TPSA) is 75.4 Å². The van der Waals surface area contributed by atoms with E-state index in [2.05, 4.69) is 5.10 Å². The van der Waals surface area contributed by atoms with E-state index in [4.69, 9.17) is 5.11 Å². The van der Waals surface area contributed by atoms with E-state index in [1.165, 1.54) is 7.05 Å². The highest BCUT2D eigenvalue weighted by atomic mass is 19.4. The van der Waals surface area contributed by atoms with Crippen LogP contribution >= 0.6 is 0 Å². The summed E-state index contributed by atoms with van der Waals surface area (Å²) in [6, 6.07) is 2.08. The highest BCUT2D eigenvalue weighted by molar-refractivity contribution is 5.92. The molecule has 0 aliphatic carbocycles. The predicted octanol–water partition coefficient (Wildman–Crippen LogP) is -0.223. The molecule has 0 saturated carbocycles. The smallest absolute Gasteiger partial charge is 0.395 e. The van der Waals surface area contributed by atoms with Gasteiger partial charge < -0.3 is 10.0 Å². The molecule has 1 aromatic rings. The number of aryl methyl sites for hydroxylation is 1. The second-order valence-corrected chi connectivity index (χ2v) is 3.75. The maximum atomic E-state index is 12.3. The quantitative estimate of drug-likeness (QED) is 0.826. The molecular formula is C10H12F3N3O3. The Hall–Kier alpha value is -1.90. The molecule has 1 heterocycles. The van der Waals surface area contributed by atoms with Crippen molar-refractivity contribution >= 4 is 5.91 Å². The van der Waals surface area contributed by atoms with Crippen LogP contribution in [0.25, 0.3) is 0 Å². The summed E-state index contributed by atoms with van der Waals surface area (Å²) in [5.74, 6) is -0.998. The maximum absolute atomic E-state index is 12.3. The number of aliphatic hydroxyl groups is 1. The normalized spacial score (nSPS) is 11.4. The molecule has 0 atom stereocenters. The molecule has 0 fully saturated rings. The van der Waals surface area contributed by atoms with Crippen LogP contribution in [0, 0.1) is 0 Å². The Kier molecular flexibility index (Phi) is 4.65. The minimum atomic E-state index is -4.58. The fourth-order valence-electron chi connectivity index (χ4n) is 1.37. The molecule has 0 unspecified atom stereocenters. The number of aromatic nitrogens is 2. The van der Waals surface area contributed by atoms with Crippen LogP contribution in [0.4, 0.5) is 13.2 Å². The number of amides is 1. The molecule has 0 saturated heterocycles. The van der Waals surface area contributed by atoms with Gasteiger partial charge in [-0.3, -0.25) is 9.59 Å². The zero-order valence-electron chi connectivity index (χ0n) is 10.0. The van der Waals surface area contributed by atoms with Gasteiger partial charge in [-0.05, 0) is 6.07 Å². The van der Waals surface area contributed by atoms with Gasteiger partial charge in [0.1, 0.15) is 12.2 Å². The van der Waals surface area contributed by atoms with Crippen molar-refractivity contribution in [1.82, 2.24) is 14.7 Å². The summed E-state index contributed by atoms with van der Waals surface area (Å²) in [6.45, 7) is -2.56. The summed E-state index contributed by atoms with van der Waals surface area (Å²) < 4.78 is 37.7. The lowest BCUT2D eigenvalue weighted by Crippen LogP contribution is -2.41. The largest absolute Gasteiger partial charge is 0.406 e. The Bertz CT molecular complexity index is 513. The SMILES string of the molecule is Cn1nc(C(=O)N(CCO)CC(F)(F)F)ccc1=O. The molecule has 0 spiro atoms. The number of carbonyl (C=O) groups excluding carboxylic acids is 1. The second-order valence-electron chi connectivity index (χ2n) is 3.75. The summed E-state index contributed by atoms with van der Waals surface area (Å²) in [7, 11) is 1.28. The first kappa shape index (κ1) is 15.2. The van der Waals surface area contributed by atoms with Crippen molar-refractivity contribution in [2.45, 2.75) is 6.18 Å². The number of aliphatic hydroxyl groups excluding tert-OH is 1. The fraction of sp³-hybridized carbons (Fsp3) is 0.500. The Balaban J connectivity index is 2.98. The van der Waals surface area contributed by atoms with E-state index in [1.54, 1.807) is 0 Å². The summed E-state index contributed by atoms with van der Waals surface area (Å²) >= 11 is 0. The van der Waals surface area contributed by atoms with Gasteiger partial charge in [-0.2, -0.15) is 18.3 Å². The highest BCUT2D eigenvalue weighted by Crippen LogP contribution is 2.17. The zero-order chi connectivity index (χ0) is 14.6. The molecule has 0 aliphatic rings. The summed E-state index contributed by atoms with van der Waals surface area (Å²) in [5.41, 5.74) is -0.777. The minimum Gasteiger partial charge on any atom is -0.395 e. The molecule has 1 rings (SSSR count). The van der Waals surface area contributed by atoms with E-state index in [9.17, 15) is 22.8 Å². The number of carbonyl (C=O) groups is 1. The van der Waals surface area contributed by atoms with E-state index in [0.29, 0.717) is 4.90 Å². The monoisotopic (exact) mass is 279 g/mol. The average molecular weight is 279 g/mol. The maximum Gasteiger partial charge on any atom is 0.406 e. The number of hydrogen-bond acceptors (Lipinski definition) is 4. The lowest BCUT2D eigenvalue weighted by atomic mass is 10.3. The van der Waals surface area contributed by atoms with Gasteiger partial charge in [-0.25, -0.2) is 4.68 Å². The number of nitrogens with zero attached hydrogens (tertiary/aromatic N) is 3. The molecule has 0 radical (unpaired) electrons. The third-order valence-corrected chi connectivity index (χ3v) is 2.21. The van der Waals surface area contributed by atoms with Crippen LogP contribution in [0.15, 0.2) is 16.9 Å². The van der Waals surface area contributed by atoms with Crippen molar-refractivity contribution < 1.29 is 23.1 Å². The molecule has 0 bridgehead atoms. The highest BCUT2D eigenvalue weighted by Gasteiger charge is 2.33. The first-order valence-electron chi connectivity index (χ1n) is 5.26. The Morgan fingerprint density at radius 2 is 2.11 bits per heavy atom. The van der Waals surface area contributed by atoms with Crippen LogP contribution in [-0.2, 0) is 7.05 Å². The molecule has 1 aromatic heterocycles. The Labute approximate surface area is 106 Å². The second kappa shape index (κ2) is 5.83. The third kappa shape index (κ3) is 4.36. The molecule has 19 heavy (non-hydrogen) atoms. The van der Waals surface area contributed by atoms with Crippen molar-refractivity contribution in [2.24, 2.45) is 7.05 Å². The number of halogens is 3. The van der Waals surface area contributed by atoms with Crippen molar-refractivity contribution in [3.8, 4) is 0 Å². The van der Waals surface area contributed by atoms with E-state index >= 15 is 0 Å². The van der Waals surface area contributed by atoms with E-state index in [1.807, 2.05) is 0 Å². The van der Waals surface area contributed by atoms with Crippen LogP contribution in [0.1, 0.15) is 10.5 Å². The Morgan fingerprint density at radius 1 is 1.47 bits per heavy atom. The lowest BCUT2D eigenvalue weighted by molar-refractivity contribution is -0.141. The van der Waals surface area contributed by atoms with Crippen LogP contribution in [0.2, 0.25) is 0 Å². The van der Waals surface area contributed by atoms with Crippen LogP contribution in [-0.4, -0.2) is 51.6 Å². The van der Waals surface area contributed by atoms with Gasteiger partial charge in [0.25, 0.3) is 11.5 Å². The zero-order valence-corrected chi connectivity index (χ0v) is 10.0. The van der Waals surface area contributed by atoms with Gasteiger partial charge >= 0.3 is 6.18 Å². The van der Waals surface area contributed by atoms with Crippen LogP contribution in [0.3, 0.4) is 0 Å². The first-order valence-corrected chi connectivity index (χ1v) is 5.26. The predicted molar refractivity (Wildman–Crippen MR) is 58.5 cm³/mol. The Morgan fingerprint density at radius 3 is 2.58 bits per heavy atom. The van der Waals surface area contributed by atoms with E-state index in [0.717, 1.165) is 16.8 Å². The molecule has 106 valence electrons. The third-order valence-electron chi connectivity index (χ3n) is 2.21. The molecule has 9 heteroatoms. The minimum absolute atomic E-state index is 0.292. The van der Waals surface area contributed by atoms with Gasteiger partial charge in [0.05, 0.1) is 6.61 Å². The van der Waals surface area contributed by atoms with Gasteiger partial charge in [0.2, 0.25) is 0 Å². The standard InChI is InChI=1S/C10H12F3N3O3/c1-15-8(18)3-2-7(14-15)9(19)16(4-5-17)6-10(11,12)13/h2-3,17H,4-6H2,1H3. The molecule has 1 N–H and O–H groups in total. The number of rotatable bonds is 4. The van der Waals surface area contributed by atoms with Gasteiger partial charge in [0.15, 0.2) is 0 Å². The van der Waals surface area contributed by atoms with Gasteiger partial charge in [0, 0.05) is 19.7 Å². The molecule has 0 aromatic carbocycles. The lowest BCUT2D eigenvalue weighted by Gasteiger charge is -2.22. The van der Waals surface area contributed by atoms with Crippen molar-refractivity contribution in [3.63, 3.8) is 0 Å². The molecule has 6 nitrogen and oxygen atoms in total. The number of hydrogen-bond donors (Lipinski definition) is 1. The van der Waals surface area contributed by atoms with E-state index in [-0.39, 0.29) is 5.69 Å². The fourth-order valence-corrected chi connectivity index (χ4v) is 1.37. The van der Waals surface area contributed by atoms with Crippen molar-refractivity contribution in [1.29, 1.82) is 0 Å². The van der Waals surface area contributed by atoms with Gasteiger partial charge in [-0.1, -0.05) is 0 Å². The summed E-state index contributed by atoms with van der Waals surface area (Å²) in [5, 5.41) is 12.3. The first-order chi connectivity index (χ1) is 8.74. The van der Waals surface area contributed by atoms with Crippen molar-refractivity contribution in [3.05, 3.63) is 28.2 Å². The van der Waals surface area contributed by atoms with E-state index < -0.39 is 37.3 Å². The summed E-state index contributed by atoms with van der Waals surface area (Å²) in [6.07, 6.45) is -4.58. The van der Waals surface area contributed by atoms with Crippen molar-refractivity contribution in [2.75, 3.05) is 19.7 Å². The average Bonchev–Trinajstić information content (AvgIpc) is 2.29. The van der Waals surface area contributed by atoms with Crippen LogP contribution < -0.4 is 5.56 Å². The molecule has 0 aliphatic heterocycles.